The Balaban J connectivity index is 1.33. The van der Waals surface area contributed by atoms with Crippen LogP contribution in [0.1, 0.15) is 16.7 Å². The smallest absolute Gasteiger partial charge is 0.0160 e. The second kappa shape index (κ2) is 2.82. The molecule has 0 nitrogen and oxygen atoms in total. The van der Waals surface area contributed by atoms with Crippen molar-refractivity contribution in [2.24, 2.45) is 41.4 Å². The lowest BCUT2D eigenvalue weighted by atomic mass is 8.96. The maximum absolute atomic E-state index is 2.51. The average molecular weight is 300 g/mol. The number of hydrogen-bond acceptors (Lipinski definition) is 1. The van der Waals surface area contributed by atoms with Gasteiger partial charge in [0.15, 0.2) is 0 Å². The molecule has 0 amide bonds. The summed E-state index contributed by atoms with van der Waals surface area (Å²) >= 11 is 2.01. The molecule has 2 aromatic rings. The molecule has 1 aliphatic heterocycles. The van der Waals surface area contributed by atoms with Crippen LogP contribution in [0.15, 0.2) is 52.3 Å². The highest BCUT2D eigenvalue weighted by atomic mass is 32.2. The van der Waals surface area contributed by atoms with E-state index in [1.807, 2.05) is 11.8 Å². The van der Waals surface area contributed by atoms with Gasteiger partial charge in [0.25, 0.3) is 0 Å². The Hall–Kier alpha value is -1.21. The van der Waals surface area contributed by atoms with Crippen LogP contribution in [0.2, 0.25) is 0 Å². The minimum absolute atomic E-state index is 0.687. The molecule has 7 aliphatic rings. The molecule has 1 heterocycles. The highest BCUT2D eigenvalue weighted by molar-refractivity contribution is 7.99. The molecule has 106 valence electrons. The molecule has 6 aliphatic carbocycles. The molecule has 1 heteroatoms. The van der Waals surface area contributed by atoms with Gasteiger partial charge >= 0.3 is 0 Å². The number of fused-ring (bicyclic) bond motifs is 2. The fourth-order valence-corrected chi connectivity index (χ4v) is 9.38. The van der Waals surface area contributed by atoms with Crippen LogP contribution in [0, 0.1) is 41.4 Å². The lowest BCUT2D eigenvalue weighted by Gasteiger charge is -3.08. The van der Waals surface area contributed by atoms with Crippen LogP contribution in [0.4, 0.5) is 0 Å². The Morgan fingerprint density at radius 3 is 2.32 bits per heavy atom. The van der Waals surface area contributed by atoms with E-state index in [1.54, 1.807) is 21.6 Å². The molecule has 6 saturated carbocycles. The lowest BCUT2D eigenvalue weighted by molar-refractivity contribution is -0.581. The molecule has 9 rings (SSSR count). The second-order valence-electron chi connectivity index (χ2n) is 8.49. The van der Waals surface area contributed by atoms with Gasteiger partial charge in [-0.25, -0.2) is 0 Å². The minimum Gasteiger partial charge on any atom is -0.0895 e. The first-order valence-electron chi connectivity index (χ1n) is 8.80. The van der Waals surface area contributed by atoms with E-state index in [1.165, 1.54) is 35.0 Å². The first kappa shape index (κ1) is 10.5. The first-order chi connectivity index (χ1) is 10.9. The van der Waals surface area contributed by atoms with E-state index in [2.05, 4.69) is 42.5 Å². The van der Waals surface area contributed by atoms with Crippen molar-refractivity contribution in [3.8, 4) is 0 Å². The molecule has 0 unspecified atom stereocenters. The number of rotatable bonds is 1. The van der Waals surface area contributed by atoms with E-state index in [-0.39, 0.29) is 0 Å². The van der Waals surface area contributed by atoms with Crippen LogP contribution in [0.25, 0.3) is 0 Å². The van der Waals surface area contributed by atoms with Crippen LogP contribution in [0.3, 0.4) is 0 Å². The topological polar surface area (TPSA) is 0 Å². The summed E-state index contributed by atoms with van der Waals surface area (Å²) in [6, 6.07) is 16.2. The third-order valence-corrected chi connectivity index (χ3v) is 9.86. The molecule has 0 radical (unpaired) electrons. The molecule has 22 heavy (non-hydrogen) atoms. The monoisotopic (exact) mass is 300 g/mol. The zero-order chi connectivity index (χ0) is 13.8. The van der Waals surface area contributed by atoms with Crippen LogP contribution in [-0.4, -0.2) is 0 Å². The van der Waals surface area contributed by atoms with Gasteiger partial charge < -0.3 is 0 Å². The number of hydrogen-bond donors (Lipinski definition) is 0. The summed E-state index contributed by atoms with van der Waals surface area (Å²) in [7, 11) is 0. The Kier molecular flexibility index (Phi) is 1.35. The standard InChI is InChI=1S/C21H16S/c1-2-6-12-9(4-1)8-10-11(5-3-7-13(10)22-12)21-18-15-14-16(18)20(21)17(14)19(15)21/h1-7,14-20H,8H2. The van der Waals surface area contributed by atoms with Crippen LogP contribution in [0.5, 0.6) is 0 Å². The lowest BCUT2D eigenvalue weighted by Crippen LogP contribution is -3.07. The molecule has 0 saturated heterocycles. The van der Waals surface area contributed by atoms with E-state index in [9.17, 15) is 0 Å². The van der Waals surface area contributed by atoms with Crippen molar-refractivity contribution in [1.82, 2.24) is 0 Å². The zero-order valence-electron chi connectivity index (χ0n) is 12.2. The van der Waals surface area contributed by atoms with Crippen molar-refractivity contribution in [2.75, 3.05) is 0 Å². The highest BCUT2D eigenvalue weighted by Crippen LogP contribution is 3.05. The maximum atomic E-state index is 2.51. The van der Waals surface area contributed by atoms with Crippen molar-refractivity contribution in [3.05, 3.63) is 59.2 Å². The van der Waals surface area contributed by atoms with Crippen molar-refractivity contribution in [1.29, 1.82) is 0 Å². The van der Waals surface area contributed by atoms with E-state index in [0.717, 1.165) is 17.8 Å². The van der Waals surface area contributed by atoms with Gasteiger partial charge in [-0.1, -0.05) is 42.1 Å². The van der Waals surface area contributed by atoms with Crippen molar-refractivity contribution in [3.63, 3.8) is 0 Å². The largest absolute Gasteiger partial charge is 0.0895 e. The molecule has 0 atom stereocenters. The van der Waals surface area contributed by atoms with Crippen LogP contribution >= 0.6 is 11.8 Å². The van der Waals surface area contributed by atoms with Crippen molar-refractivity contribution in [2.45, 2.75) is 21.6 Å². The maximum Gasteiger partial charge on any atom is 0.0160 e. The third-order valence-electron chi connectivity index (χ3n) is 8.64. The molecular weight excluding hydrogens is 284 g/mol. The summed E-state index contributed by atoms with van der Waals surface area (Å²) in [4.78, 5) is 3.02. The summed E-state index contributed by atoms with van der Waals surface area (Å²) in [6.07, 6.45) is 1.17. The molecule has 0 aromatic heterocycles. The third kappa shape index (κ3) is 0.706. The Morgan fingerprint density at radius 2 is 1.50 bits per heavy atom. The molecule has 6 fully saturated rings. The molecule has 0 N–H and O–H groups in total. The summed E-state index contributed by atoms with van der Waals surface area (Å²) in [5.41, 5.74) is 5.72. The van der Waals surface area contributed by atoms with Crippen LogP contribution < -0.4 is 0 Å². The molecule has 2 aromatic carbocycles. The zero-order valence-corrected chi connectivity index (χ0v) is 13.0. The Bertz CT molecular complexity index is 859. The van der Waals surface area contributed by atoms with Gasteiger partial charge in [0.1, 0.15) is 0 Å². The van der Waals surface area contributed by atoms with Crippen molar-refractivity contribution >= 4 is 11.8 Å². The fraction of sp³-hybridized carbons (Fsp3) is 0.429. The Labute approximate surface area is 134 Å². The van der Waals surface area contributed by atoms with Gasteiger partial charge in [0.2, 0.25) is 0 Å². The number of benzene rings is 2. The fourth-order valence-electron chi connectivity index (χ4n) is 8.28. The van der Waals surface area contributed by atoms with Gasteiger partial charge in [-0.15, -0.1) is 0 Å². The SMILES string of the molecule is c1ccc2c(c1)Cc1c(cccc1C13C4C5C6C4C1C6C53)S2. The molecule has 0 spiro atoms. The normalized spacial score (nSPS) is 51.9. The van der Waals surface area contributed by atoms with E-state index < -0.39 is 0 Å². The Morgan fingerprint density at radius 1 is 0.773 bits per heavy atom. The van der Waals surface area contributed by atoms with E-state index in [0.29, 0.717) is 5.41 Å². The van der Waals surface area contributed by atoms with Gasteiger partial charge in [-0.05, 0) is 76.7 Å². The first-order valence-corrected chi connectivity index (χ1v) is 9.62. The predicted molar refractivity (Wildman–Crippen MR) is 85.9 cm³/mol. The quantitative estimate of drug-likeness (QED) is 0.643. The molecule has 0 bridgehead atoms. The summed E-state index contributed by atoms with van der Waals surface area (Å²) in [5.74, 6) is 8.11. The minimum atomic E-state index is 0.687. The summed E-state index contributed by atoms with van der Waals surface area (Å²) < 4.78 is 0. The molecular formula is C21H16S. The van der Waals surface area contributed by atoms with E-state index >= 15 is 0 Å². The van der Waals surface area contributed by atoms with E-state index in [4.69, 9.17) is 0 Å². The summed E-state index contributed by atoms with van der Waals surface area (Å²) in [6.45, 7) is 0. The van der Waals surface area contributed by atoms with Crippen LogP contribution in [-0.2, 0) is 11.8 Å². The van der Waals surface area contributed by atoms with Crippen molar-refractivity contribution < 1.29 is 0 Å². The highest BCUT2D eigenvalue weighted by Gasteiger charge is 3.04. The second-order valence-corrected chi connectivity index (χ2v) is 9.57. The van der Waals surface area contributed by atoms with Gasteiger partial charge in [-0.3, -0.25) is 0 Å². The van der Waals surface area contributed by atoms with Gasteiger partial charge in [0, 0.05) is 15.2 Å². The average Bonchev–Trinajstić information content (AvgIpc) is 2.59. The predicted octanol–water partition coefficient (Wildman–Crippen LogP) is 4.36. The summed E-state index contributed by atoms with van der Waals surface area (Å²) in [5, 5.41) is 0. The van der Waals surface area contributed by atoms with Gasteiger partial charge in [-0.2, -0.15) is 0 Å². The van der Waals surface area contributed by atoms with Gasteiger partial charge in [0.05, 0.1) is 0 Å².